The number of hydrogen-bond acceptors (Lipinski definition) is 4. The van der Waals surface area contributed by atoms with E-state index in [1.165, 1.54) is 5.01 Å². The van der Waals surface area contributed by atoms with Crippen LogP contribution in [0.4, 0.5) is 5.69 Å². The van der Waals surface area contributed by atoms with Crippen molar-refractivity contribution in [1.29, 1.82) is 0 Å². The van der Waals surface area contributed by atoms with E-state index in [2.05, 4.69) is 10.4 Å². The zero-order valence-corrected chi connectivity index (χ0v) is 14.2. The van der Waals surface area contributed by atoms with Crippen LogP contribution in [0.1, 0.15) is 13.3 Å². The number of halogens is 1. The molecular formula is C18H16ClN3O3. The topological polar surface area (TPSA) is 71.0 Å². The second-order valence-corrected chi connectivity index (χ2v) is 5.90. The smallest absolute Gasteiger partial charge is 0.266 e. The van der Waals surface area contributed by atoms with Crippen LogP contribution in [-0.2, 0) is 9.59 Å². The molecule has 0 bridgehead atoms. The number of carbonyl (C=O) groups is 2. The maximum atomic E-state index is 12.2. The summed E-state index contributed by atoms with van der Waals surface area (Å²) in [7, 11) is 0. The third-order valence-corrected chi connectivity index (χ3v) is 3.79. The van der Waals surface area contributed by atoms with Crippen LogP contribution in [0.5, 0.6) is 5.75 Å². The Morgan fingerprint density at radius 2 is 1.88 bits per heavy atom. The van der Waals surface area contributed by atoms with Crippen molar-refractivity contribution in [3.63, 3.8) is 0 Å². The molecule has 0 unspecified atom stereocenters. The van der Waals surface area contributed by atoms with Gasteiger partial charge in [-0.3, -0.25) is 9.59 Å². The van der Waals surface area contributed by atoms with Gasteiger partial charge < -0.3 is 10.1 Å². The Kier molecular flexibility index (Phi) is 5.00. The van der Waals surface area contributed by atoms with Gasteiger partial charge in [-0.2, -0.15) is 10.1 Å². The molecule has 0 aliphatic carbocycles. The Balaban J connectivity index is 1.62. The summed E-state index contributed by atoms with van der Waals surface area (Å²) in [4.78, 5) is 24.3. The summed E-state index contributed by atoms with van der Waals surface area (Å²) in [6, 6.07) is 15.8. The van der Waals surface area contributed by atoms with Crippen molar-refractivity contribution in [2.75, 3.05) is 5.01 Å². The Morgan fingerprint density at radius 1 is 1.20 bits per heavy atom. The van der Waals surface area contributed by atoms with Gasteiger partial charge >= 0.3 is 0 Å². The van der Waals surface area contributed by atoms with Crippen molar-refractivity contribution in [3.05, 3.63) is 59.6 Å². The molecule has 1 atom stereocenters. The molecule has 1 N–H and O–H groups in total. The highest BCUT2D eigenvalue weighted by molar-refractivity contribution is 6.30. The summed E-state index contributed by atoms with van der Waals surface area (Å²) in [6.45, 7) is 1.62. The third kappa shape index (κ3) is 4.16. The first kappa shape index (κ1) is 17.0. The Labute approximate surface area is 150 Å². The van der Waals surface area contributed by atoms with E-state index in [1.54, 1.807) is 43.3 Å². The lowest BCUT2D eigenvalue weighted by Crippen LogP contribution is -2.39. The van der Waals surface area contributed by atoms with Gasteiger partial charge in [0.05, 0.1) is 12.1 Å². The fourth-order valence-electron chi connectivity index (χ4n) is 2.28. The molecule has 0 aromatic heterocycles. The van der Waals surface area contributed by atoms with Crippen molar-refractivity contribution in [2.45, 2.75) is 19.4 Å². The lowest BCUT2D eigenvalue weighted by Gasteiger charge is -2.14. The summed E-state index contributed by atoms with van der Waals surface area (Å²) in [5, 5.41) is 8.68. The van der Waals surface area contributed by atoms with E-state index >= 15 is 0 Å². The van der Waals surface area contributed by atoms with Gasteiger partial charge in [-0.25, -0.2) is 0 Å². The number of hydrogen-bond donors (Lipinski definition) is 1. The van der Waals surface area contributed by atoms with Crippen molar-refractivity contribution in [2.24, 2.45) is 5.10 Å². The highest BCUT2D eigenvalue weighted by Crippen LogP contribution is 2.20. The fraction of sp³-hybridized carbons (Fsp3) is 0.167. The van der Waals surface area contributed by atoms with Gasteiger partial charge in [0.2, 0.25) is 0 Å². The number of rotatable bonds is 4. The van der Waals surface area contributed by atoms with E-state index in [9.17, 15) is 9.59 Å². The molecule has 1 aliphatic heterocycles. The summed E-state index contributed by atoms with van der Waals surface area (Å²) in [5.74, 6) is 0.247. The normalized spacial score (nSPS) is 14.9. The Bertz CT molecular complexity index is 806. The maximum Gasteiger partial charge on any atom is 0.266 e. The van der Waals surface area contributed by atoms with Crippen LogP contribution in [0.3, 0.4) is 0 Å². The van der Waals surface area contributed by atoms with E-state index in [0.29, 0.717) is 22.3 Å². The number of nitrogens with zero attached hydrogens (tertiary/aromatic N) is 2. The molecule has 25 heavy (non-hydrogen) atoms. The van der Waals surface area contributed by atoms with Gasteiger partial charge in [0.15, 0.2) is 6.10 Å². The van der Waals surface area contributed by atoms with Crippen LogP contribution >= 0.6 is 11.6 Å². The summed E-state index contributed by atoms with van der Waals surface area (Å²) in [6.07, 6.45) is -0.710. The number of para-hydroxylation sites is 1. The van der Waals surface area contributed by atoms with E-state index in [0.717, 1.165) is 0 Å². The molecule has 2 aromatic rings. The Morgan fingerprint density at radius 3 is 2.56 bits per heavy atom. The standard InChI is InChI=1S/C18H16ClN3O3/c1-12(25-15-9-7-13(19)8-10-15)18(24)20-16-11-17(23)22(21-16)14-5-3-2-4-6-14/h2-10,12H,11H2,1H3,(H,20,21,24)/t12-/m0/s1. The molecule has 6 nitrogen and oxygen atoms in total. The highest BCUT2D eigenvalue weighted by atomic mass is 35.5. The number of amidine groups is 1. The SMILES string of the molecule is C[C@H](Oc1ccc(Cl)cc1)C(=O)NC1=NN(c2ccccc2)C(=O)C1. The first-order chi connectivity index (χ1) is 12.0. The lowest BCUT2D eigenvalue weighted by molar-refractivity contribution is -0.125. The minimum atomic E-state index is -0.746. The molecule has 0 radical (unpaired) electrons. The van der Waals surface area contributed by atoms with E-state index < -0.39 is 6.10 Å². The molecule has 2 aromatic carbocycles. The molecule has 1 heterocycles. The van der Waals surface area contributed by atoms with E-state index in [-0.39, 0.29) is 18.2 Å². The monoisotopic (exact) mass is 357 g/mol. The van der Waals surface area contributed by atoms with E-state index in [4.69, 9.17) is 16.3 Å². The number of amides is 2. The minimum Gasteiger partial charge on any atom is -0.481 e. The predicted octanol–water partition coefficient (Wildman–Crippen LogP) is 2.97. The molecule has 1 aliphatic rings. The number of nitrogens with one attached hydrogen (secondary N) is 1. The van der Waals surface area contributed by atoms with Crippen molar-refractivity contribution in [1.82, 2.24) is 5.32 Å². The van der Waals surface area contributed by atoms with Crippen molar-refractivity contribution < 1.29 is 14.3 Å². The predicted molar refractivity (Wildman–Crippen MR) is 95.7 cm³/mol. The van der Waals surface area contributed by atoms with Crippen LogP contribution < -0.4 is 15.1 Å². The first-order valence-corrected chi connectivity index (χ1v) is 8.09. The lowest BCUT2D eigenvalue weighted by atomic mass is 10.3. The molecule has 0 spiro atoms. The maximum absolute atomic E-state index is 12.2. The van der Waals surface area contributed by atoms with Gasteiger partial charge in [-0.05, 0) is 43.3 Å². The second kappa shape index (κ2) is 7.36. The zero-order chi connectivity index (χ0) is 17.8. The summed E-state index contributed by atoms with van der Waals surface area (Å²) in [5.41, 5.74) is 0.655. The molecular weight excluding hydrogens is 342 g/mol. The molecule has 2 amide bonds. The largest absolute Gasteiger partial charge is 0.481 e. The minimum absolute atomic E-state index is 0.0360. The van der Waals surface area contributed by atoms with Crippen molar-refractivity contribution in [3.8, 4) is 5.75 Å². The van der Waals surface area contributed by atoms with Gasteiger partial charge in [0.25, 0.3) is 11.8 Å². The average Bonchev–Trinajstić information content (AvgIpc) is 2.98. The van der Waals surface area contributed by atoms with Crippen LogP contribution in [0.2, 0.25) is 5.02 Å². The van der Waals surface area contributed by atoms with Crippen LogP contribution in [0, 0.1) is 0 Å². The second-order valence-electron chi connectivity index (χ2n) is 5.47. The fourth-order valence-corrected chi connectivity index (χ4v) is 2.41. The zero-order valence-electron chi connectivity index (χ0n) is 13.5. The molecule has 7 heteroatoms. The number of carbonyl (C=O) groups excluding carboxylic acids is 2. The van der Waals surface area contributed by atoms with Gasteiger partial charge in [-0.1, -0.05) is 29.8 Å². The summed E-state index contributed by atoms with van der Waals surface area (Å²) >= 11 is 5.81. The van der Waals surface area contributed by atoms with Crippen LogP contribution in [0.15, 0.2) is 59.7 Å². The van der Waals surface area contributed by atoms with Gasteiger partial charge in [0.1, 0.15) is 11.6 Å². The highest BCUT2D eigenvalue weighted by Gasteiger charge is 2.27. The first-order valence-electron chi connectivity index (χ1n) is 7.71. The van der Waals surface area contributed by atoms with Crippen LogP contribution in [0.25, 0.3) is 0 Å². The number of hydrazone groups is 1. The average molecular weight is 358 g/mol. The van der Waals surface area contributed by atoms with Crippen LogP contribution in [-0.4, -0.2) is 23.8 Å². The molecule has 0 fully saturated rings. The summed E-state index contributed by atoms with van der Waals surface area (Å²) < 4.78 is 5.56. The van der Waals surface area contributed by atoms with Gasteiger partial charge in [-0.15, -0.1) is 0 Å². The molecule has 0 saturated heterocycles. The number of ether oxygens (including phenoxy) is 1. The van der Waals surface area contributed by atoms with Crippen molar-refractivity contribution >= 4 is 34.9 Å². The Hall–Kier alpha value is -2.86. The number of benzene rings is 2. The van der Waals surface area contributed by atoms with Gasteiger partial charge in [0, 0.05) is 5.02 Å². The number of anilines is 1. The van der Waals surface area contributed by atoms with E-state index in [1.807, 2.05) is 18.2 Å². The molecule has 3 rings (SSSR count). The third-order valence-electron chi connectivity index (χ3n) is 3.54. The molecule has 0 saturated carbocycles. The quantitative estimate of drug-likeness (QED) is 0.914. The molecule has 128 valence electrons.